The van der Waals surface area contributed by atoms with Crippen LogP contribution in [0.25, 0.3) is 16.8 Å². The number of nitrogens with zero attached hydrogens (tertiary/aromatic N) is 1. The first-order valence-electron chi connectivity index (χ1n) is 7.71. The van der Waals surface area contributed by atoms with E-state index in [2.05, 4.69) is 24.3 Å². The van der Waals surface area contributed by atoms with Crippen LogP contribution in [0.1, 0.15) is 18.1 Å². The van der Waals surface area contributed by atoms with E-state index in [9.17, 15) is 4.79 Å². The van der Waals surface area contributed by atoms with E-state index in [0.29, 0.717) is 6.54 Å². The molecule has 3 rings (SSSR count). The van der Waals surface area contributed by atoms with Gasteiger partial charge in [-0.25, -0.2) is 0 Å². The summed E-state index contributed by atoms with van der Waals surface area (Å²) in [6.07, 6.45) is 3.88. The van der Waals surface area contributed by atoms with E-state index in [1.807, 2.05) is 60.8 Å². The fraction of sp³-hybridized carbons (Fsp3) is 0.0952. The van der Waals surface area contributed by atoms with Crippen LogP contribution in [-0.4, -0.2) is 10.8 Å². The van der Waals surface area contributed by atoms with Gasteiger partial charge in [0.25, 0.3) is 0 Å². The monoisotopic (exact) mass is 301 g/mol. The number of carbonyl (C=O) groups excluding carboxylic acids is 1. The molecule has 2 nitrogen and oxygen atoms in total. The Bertz CT molecular complexity index is 831. The maximum absolute atomic E-state index is 11.9. The molecule has 2 heteroatoms. The number of fused-ring (bicyclic) bond motifs is 1. The zero-order valence-corrected chi connectivity index (χ0v) is 13.1. The van der Waals surface area contributed by atoms with Crippen molar-refractivity contribution < 1.29 is 4.79 Å². The average Bonchev–Trinajstić information content (AvgIpc) is 2.59. The Morgan fingerprint density at radius 1 is 0.913 bits per heavy atom. The van der Waals surface area contributed by atoms with Gasteiger partial charge in [0.05, 0.1) is 6.54 Å². The van der Waals surface area contributed by atoms with Crippen LogP contribution in [0, 0.1) is 0 Å². The molecule has 1 amide bonds. The summed E-state index contributed by atoms with van der Waals surface area (Å²) >= 11 is 0. The lowest BCUT2D eigenvalue weighted by atomic mass is 10.0. The quantitative estimate of drug-likeness (QED) is 0.674. The molecule has 0 aromatic heterocycles. The molecule has 0 atom stereocenters. The third-order valence-electron chi connectivity index (χ3n) is 3.86. The van der Waals surface area contributed by atoms with Crippen molar-refractivity contribution in [1.82, 2.24) is 4.90 Å². The minimum Gasteiger partial charge on any atom is -0.315 e. The molecule has 0 heterocycles. The van der Waals surface area contributed by atoms with Crippen molar-refractivity contribution in [2.24, 2.45) is 0 Å². The van der Waals surface area contributed by atoms with Crippen LogP contribution in [0.3, 0.4) is 0 Å². The Hall–Kier alpha value is -2.87. The van der Waals surface area contributed by atoms with E-state index in [1.54, 1.807) is 11.8 Å². The highest BCUT2D eigenvalue weighted by molar-refractivity contribution is 5.90. The molecule has 23 heavy (non-hydrogen) atoms. The Morgan fingerprint density at radius 2 is 1.61 bits per heavy atom. The van der Waals surface area contributed by atoms with Crippen molar-refractivity contribution in [2.45, 2.75) is 13.5 Å². The highest BCUT2D eigenvalue weighted by Gasteiger charge is 2.06. The molecule has 0 saturated heterocycles. The Morgan fingerprint density at radius 3 is 2.39 bits per heavy atom. The summed E-state index contributed by atoms with van der Waals surface area (Å²) in [5, 5.41) is 2.39. The van der Waals surface area contributed by atoms with Crippen LogP contribution in [-0.2, 0) is 11.3 Å². The highest BCUT2D eigenvalue weighted by atomic mass is 16.2. The van der Waals surface area contributed by atoms with Crippen LogP contribution >= 0.6 is 0 Å². The summed E-state index contributed by atoms with van der Waals surface area (Å²) in [7, 11) is 0. The second kappa shape index (κ2) is 6.93. The number of benzene rings is 3. The second-order valence-electron chi connectivity index (χ2n) is 5.52. The molecule has 3 aromatic rings. The van der Waals surface area contributed by atoms with Crippen LogP contribution < -0.4 is 0 Å². The van der Waals surface area contributed by atoms with Gasteiger partial charge < -0.3 is 4.90 Å². The molecular weight excluding hydrogens is 282 g/mol. The molecule has 0 aliphatic carbocycles. The van der Waals surface area contributed by atoms with E-state index in [-0.39, 0.29) is 5.91 Å². The SMILES string of the molecule is CC(=O)N(C=Cc1cccc2ccccc12)Cc1ccccc1. The maximum atomic E-state index is 11.9. The van der Waals surface area contributed by atoms with Crippen molar-refractivity contribution in [3.05, 3.63) is 90.1 Å². The average molecular weight is 301 g/mol. The lowest BCUT2D eigenvalue weighted by Crippen LogP contribution is -2.22. The van der Waals surface area contributed by atoms with E-state index in [4.69, 9.17) is 0 Å². The minimum atomic E-state index is 0.0327. The van der Waals surface area contributed by atoms with Crippen molar-refractivity contribution in [1.29, 1.82) is 0 Å². The molecule has 0 aliphatic rings. The Balaban J connectivity index is 1.87. The number of amides is 1. The number of rotatable bonds is 4. The first-order chi connectivity index (χ1) is 11.2. The van der Waals surface area contributed by atoms with Crippen molar-refractivity contribution in [2.75, 3.05) is 0 Å². The predicted molar refractivity (Wildman–Crippen MR) is 95.6 cm³/mol. The smallest absolute Gasteiger partial charge is 0.223 e. The number of hydrogen-bond donors (Lipinski definition) is 0. The van der Waals surface area contributed by atoms with Crippen molar-refractivity contribution >= 4 is 22.8 Å². The van der Waals surface area contributed by atoms with Crippen LogP contribution in [0.15, 0.2) is 79.0 Å². The molecular formula is C21H19NO. The van der Waals surface area contributed by atoms with Gasteiger partial charge in [-0.1, -0.05) is 72.8 Å². The molecule has 0 saturated carbocycles. The summed E-state index contributed by atoms with van der Waals surface area (Å²) in [6, 6.07) is 24.5. The normalized spacial score (nSPS) is 11.0. The van der Waals surface area contributed by atoms with Crippen LogP contribution in [0.4, 0.5) is 0 Å². The summed E-state index contributed by atoms with van der Waals surface area (Å²) < 4.78 is 0. The molecule has 0 fully saturated rings. The zero-order chi connectivity index (χ0) is 16.1. The van der Waals surface area contributed by atoms with Crippen LogP contribution in [0.5, 0.6) is 0 Å². The molecule has 0 N–H and O–H groups in total. The summed E-state index contributed by atoms with van der Waals surface area (Å²) in [5.41, 5.74) is 2.23. The van der Waals surface area contributed by atoms with Gasteiger partial charge in [0.2, 0.25) is 5.91 Å². The lowest BCUT2D eigenvalue weighted by molar-refractivity contribution is -0.126. The van der Waals surface area contributed by atoms with Gasteiger partial charge in [-0.3, -0.25) is 4.79 Å². The standard InChI is InChI=1S/C21H19NO/c1-17(23)22(16-18-8-3-2-4-9-18)15-14-20-12-7-11-19-10-5-6-13-21(19)20/h2-15H,16H2,1H3. The van der Waals surface area contributed by atoms with Crippen LogP contribution in [0.2, 0.25) is 0 Å². The van der Waals surface area contributed by atoms with Gasteiger partial charge in [-0.05, 0) is 28.0 Å². The largest absolute Gasteiger partial charge is 0.315 e. The van der Waals surface area contributed by atoms with Gasteiger partial charge >= 0.3 is 0 Å². The van der Waals surface area contributed by atoms with Gasteiger partial charge in [0.15, 0.2) is 0 Å². The fourth-order valence-electron chi connectivity index (χ4n) is 2.62. The second-order valence-corrected chi connectivity index (χ2v) is 5.52. The Labute approximate surface area is 136 Å². The molecule has 3 aromatic carbocycles. The van der Waals surface area contributed by atoms with Gasteiger partial charge in [-0.15, -0.1) is 0 Å². The molecule has 0 bridgehead atoms. The number of carbonyl (C=O) groups is 1. The van der Waals surface area contributed by atoms with Gasteiger partial charge in [0, 0.05) is 13.1 Å². The van der Waals surface area contributed by atoms with Gasteiger partial charge in [-0.2, -0.15) is 0 Å². The first kappa shape index (κ1) is 15.0. The molecule has 0 radical (unpaired) electrons. The summed E-state index contributed by atoms with van der Waals surface area (Å²) in [5.74, 6) is 0.0327. The summed E-state index contributed by atoms with van der Waals surface area (Å²) in [6.45, 7) is 2.17. The van der Waals surface area contributed by atoms with E-state index >= 15 is 0 Å². The molecule has 0 spiro atoms. The summed E-state index contributed by atoms with van der Waals surface area (Å²) in [4.78, 5) is 13.6. The van der Waals surface area contributed by atoms with Crippen molar-refractivity contribution in [3.63, 3.8) is 0 Å². The topological polar surface area (TPSA) is 20.3 Å². The fourth-order valence-corrected chi connectivity index (χ4v) is 2.62. The highest BCUT2D eigenvalue weighted by Crippen LogP contribution is 2.20. The third kappa shape index (κ3) is 3.67. The molecule has 114 valence electrons. The molecule has 0 aliphatic heterocycles. The minimum absolute atomic E-state index is 0.0327. The van der Waals surface area contributed by atoms with E-state index < -0.39 is 0 Å². The van der Waals surface area contributed by atoms with Crippen molar-refractivity contribution in [3.8, 4) is 0 Å². The third-order valence-corrected chi connectivity index (χ3v) is 3.86. The number of hydrogen-bond acceptors (Lipinski definition) is 1. The molecule has 0 unspecified atom stereocenters. The first-order valence-corrected chi connectivity index (χ1v) is 7.71. The van der Waals surface area contributed by atoms with Gasteiger partial charge in [0.1, 0.15) is 0 Å². The van der Waals surface area contributed by atoms with E-state index in [0.717, 1.165) is 11.1 Å². The predicted octanol–water partition coefficient (Wildman–Crippen LogP) is 4.86. The Kier molecular flexibility index (Phi) is 4.53. The zero-order valence-electron chi connectivity index (χ0n) is 13.1. The maximum Gasteiger partial charge on any atom is 0.223 e. The lowest BCUT2D eigenvalue weighted by Gasteiger charge is -2.16. The van der Waals surface area contributed by atoms with E-state index in [1.165, 1.54) is 10.8 Å².